The number of rotatable bonds is 9. The molecule has 1 N–H and O–H groups in total. The average Bonchev–Trinajstić information content (AvgIpc) is 2.66. The van der Waals surface area contributed by atoms with E-state index in [1.807, 2.05) is 44.2 Å². The van der Waals surface area contributed by atoms with Gasteiger partial charge in [-0.05, 0) is 57.5 Å². The summed E-state index contributed by atoms with van der Waals surface area (Å²) in [4.78, 5) is 12.8. The highest BCUT2D eigenvalue weighted by molar-refractivity contribution is 7.92. The summed E-state index contributed by atoms with van der Waals surface area (Å²) in [5.41, 5.74) is 2.31. The predicted molar refractivity (Wildman–Crippen MR) is 119 cm³/mol. The summed E-state index contributed by atoms with van der Waals surface area (Å²) in [6, 6.07) is 11.5. The van der Waals surface area contributed by atoms with Crippen LogP contribution in [-0.2, 0) is 14.8 Å². The lowest BCUT2D eigenvalue weighted by Crippen LogP contribution is -2.51. The number of hydrogen-bond donors (Lipinski definition) is 1. The number of methoxy groups -OCH3 is 1. The fraction of sp³-hybridized carbons (Fsp3) is 0.409. The van der Waals surface area contributed by atoms with Crippen LogP contribution in [0.5, 0.6) is 11.5 Å². The molecule has 0 aliphatic rings. The lowest BCUT2D eigenvalue weighted by atomic mass is 10.2. The molecule has 8 heteroatoms. The number of carbonyl (C=O) groups is 1. The molecule has 0 saturated carbocycles. The van der Waals surface area contributed by atoms with Crippen molar-refractivity contribution >= 4 is 21.6 Å². The Morgan fingerprint density at radius 1 is 1.07 bits per heavy atom. The predicted octanol–water partition coefficient (Wildman–Crippen LogP) is 3.05. The van der Waals surface area contributed by atoms with Crippen molar-refractivity contribution < 1.29 is 22.7 Å². The fourth-order valence-corrected chi connectivity index (χ4v) is 4.18. The maximum absolute atomic E-state index is 12.8. The van der Waals surface area contributed by atoms with E-state index in [-0.39, 0.29) is 12.6 Å². The SMILES string of the molecule is COc1ccc(C)cc1N([C@@H](C)C(=O)N[C@@H](C)COc1ccc(C)cc1)S(C)(=O)=O. The number of ether oxygens (including phenoxy) is 2. The summed E-state index contributed by atoms with van der Waals surface area (Å²) >= 11 is 0. The molecule has 0 unspecified atom stereocenters. The highest BCUT2D eigenvalue weighted by atomic mass is 32.2. The van der Waals surface area contributed by atoms with E-state index in [0.29, 0.717) is 17.2 Å². The van der Waals surface area contributed by atoms with Crippen LogP contribution < -0.4 is 19.1 Å². The number of carbonyl (C=O) groups excluding carboxylic acids is 1. The minimum Gasteiger partial charge on any atom is -0.495 e. The first-order valence-electron chi connectivity index (χ1n) is 9.66. The second kappa shape index (κ2) is 9.84. The summed E-state index contributed by atoms with van der Waals surface area (Å²) in [5, 5.41) is 2.82. The molecular weight excluding hydrogens is 404 g/mol. The van der Waals surface area contributed by atoms with Crippen LogP contribution in [0.15, 0.2) is 42.5 Å². The third-order valence-corrected chi connectivity index (χ3v) is 5.80. The van der Waals surface area contributed by atoms with E-state index < -0.39 is 22.0 Å². The first kappa shape index (κ1) is 23.5. The largest absolute Gasteiger partial charge is 0.495 e. The van der Waals surface area contributed by atoms with Crippen molar-refractivity contribution in [3.05, 3.63) is 53.6 Å². The number of nitrogens with zero attached hydrogens (tertiary/aromatic N) is 1. The molecule has 2 aromatic rings. The number of sulfonamides is 1. The van der Waals surface area contributed by atoms with Crippen molar-refractivity contribution in [1.29, 1.82) is 0 Å². The quantitative estimate of drug-likeness (QED) is 0.656. The number of anilines is 1. The van der Waals surface area contributed by atoms with E-state index in [4.69, 9.17) is 9.47 Å². The zero-order valence-electron chi connectivity index (χ0n) is 18.3. The average molecular weight is 435 g/mol. The maximum atomic E-state index is 12.8. The minimum atomic E-state index is -3.75. The number of nitrogens with one attached hydrogen (secondary N) is 1. The van der Waals surface area contributed by atoms with Crippen LogP contribution in [0.1, 0.15) is 25.0 Å². The normalized spacial score (nSPS) is 13.3. The second-order valence-electron chi connectivity index (χ2n) is 7.44. The number of hydrogen-bond acceptors (Lipinski definition) is 5. The zero-order valence-corrected chi connectivity index (χ0v) is 19.1. The highest BCUT2D eigenvalue weighted by Crippen LogP contribution is 2.32. The zero-order chi connectivity index (χ0) is 22.5. The highest BCUT2D eigenvalue weighted by Gasteiger charge is 2.31. The Morgan fingerprint density at radius 3 is 2.23 bits per heavy atom. The van der Waals surface area contributed by atoms with Crippen molar-refractivity contribution in [2.45, 2.75) is 39.8 Å². The molecule has 0 aromatic heterocycles. The number of benzene rings is 2. The number of aryl methyl sites for hydroxylation is 2. The van der Waals surface area contributed by atoms with Crippen LogP contribution in [0.4, 0.5) is 5.69 Å². The molecule has 0 bridgehead atoms. The van der Waals surface area contributed by atoms with Gasteiger partial charge in [-0.3, -0.25) is 9.10 Å². The van der Waals surface area contributed by atoms with E-state index in [2.05, 4.69) is 5.32 Å². The Morgan fingerprint density at radius 2 is 1.67 bits per heavy atom. The lowest BCUT2D eigenvalue weighted by molar-refractivity contribution is -0.122. The van der Waals surface area contributed by atoms with Crippen molar-refractivity contribution in [2.24, 2.45) is 0 Å². The molecule has 30 heavy (non-hydrogen) atoms. The van der Waals surface area contributed by atoms with Crippen LogP contribution in [0.25, 0.3) is 0 Å². The van der Waals surface area contributed by atoms with Gasteiger partial charge in [0.15, 0.2) is 0 Å². The molecule has 164 valence electrons. The van der Waals surface area contributed by atoms with Gasteiger partial charge in [-0.15, -0.1) is 0 Å². The molecule has 2 atom stereocenters. The molecule has 7 nitrogen and oxygen atoms in total. The van der Waals surface area contributed by atoms with Crippen LogP contribution in [-0.4, -0.2) is 46.4 Å². The summed E-state index contributed by atoms with van der Waals surface area (Å²) in [6.07, 6.45) is 1.07. The van der Waals surface area contributed by atoms with E-state index in [9.17, 15) is 13.2 Å². The molecule has 0 heterocycles. The van der Waals surface area contributed by atoms with Crippen molar-refractivity contribution in [2.75, 3.05) is 24.3 Å². The van der Waals surface area contributed by atoms with Gasteiger partial charge >= 0.3 is 0 Å². The standard InChI is InChI=1S/C22H30N2O5S/c1-15-7-10-19(11-8-15)29-14-17(3)23-22(25)18(4)24(30(6,26)27)20-13-16(2)9-12-21(20)28-5/h7-13,17-18H,14H2,1-6H3,(H,23,25)/t17-,18-/m0/s1. The molecule has 2 rings (SSSR count). The minimum absolute atomic E-state index is 0.258. The van der Waals surface area contributed by atoms with Crippen LogP contribution in [0, 0.1) is 13.8 Å². The molecular formula is C22H30N2O5S. The van der Waals surface area contributed by atoms with Crippen molar-refractivity contribution in [1.82, 2.24) is 5.32 Å². The van der Waals surface area contributed by atoms with Gasteiger partial charge in [-0.1, -0.05) is 23.8 Å². The molecule has 2 aromatic carbocycles. The van der Waals surface area contributed by atoms with Crippen LogP contribution in [0.3, 0.4) is 0 Å². The Kier molecular flexibility index (Phi) is 7.72. The third-order valence-electron chi connectivity index (χ3n) is 4.57. The molecule has 0 spiro atoms. The van der Waals surface area contributed by atoms with E-state index >= 15 is 0 Å². The second-order valence-corrected chi connectivity index (χ2v) is 9.30. The van der Waals surface area contributed by atoms with Gasteiger partial charge in [0.05, 0.1) is 25.1 Å². The molecule has 0 saturated heterocycles. The Hall–Kier alpha value is -2.74. The number of amides is 1. The Bertz CT molecular complexity index is 974. The van der Waals surface area contributed by atoms with Crippen LogP contribution in [0.2, 0.25) is 0 Å². The van der Waals surface area contributed by atoms with E-state index in [0.717, 1.165) is 21.7 Å². The first-order valence-corrected chi connectivity index (χ1v) is 11.5. The Balaban J connectivity index is 2.14. The van der Waals surface area contributed by atoms with Crippen LogP contribution >= 0.6 is 0 Å². The molecule has 0 aliphatic heterocycles. The van der Waals surface area contributed by atoms with E-state index in [1.54, 1.807) is 26.0 Å². The molecule has 0 fully saturated rings. The van der Waals surface area contributed by atoms with E-state index in [1.165, 1.54) is 7.11 Å². The lowest BCUT2D eigenvalue weighted by Gasteiger charge is -2.30. The van der Waals surface area contributed by atoms with Gasteiger partial charge in [-0.2, -0.15) is 0 Å². The smallest absolute Gasteiger partial charge is 0.243 e. The van der Waals surface area contributed by atoms with Gasteiger partial charge in [0, 0.05) is 0 Å². The third kappa shape index (κ3) is 6.13. The summed E-state index contributed by atoms with van der Waals surface area (Å²) in [5.74, 6) is 0.655. The molecule has 1 amide bonds. The summed E-state index contributed by atoms with van der Waals surface area (Å²) < 4.78 is 37.2. The van der Waals surface area contributed by atoms with Crippen molar-refractivity contribution in [3.63, 3.8) is 0 Å². The summed E-state index contributed by atoms with van der Waals surface area (Å²) in [7, 11) is -2.28. The van der Waals surface area contributed by atoms with Gasteiger partial charge < -0.3 is 14.8 Å². The molecule has 0 aliphatic carbocycles. The summed E-state index contributed by atoms with van der Waals surface area (Å²) in [6.45, 7) is 7.44. The topological polar surface area (TPSA) is 84.9 Å². The van der Waals surface area contributed by atoms with Gasteiger partial charge in [0.25, 0.3) is 0 Å². The van der Waals surface area contributed by atoms with Gasteiger partial charge in [0.2, 0.25) is 15.9 Å². The van der Waals surface area contributed by atoms with Gasteiger partial charge in [-0.25, -0.2) is 8.42 Å². The monoisotopic (exact) mass is 434 g/mol. The Labute approximate surface area is 179 Å². The fourth-order valence-electron chi connectivity index (χ4n) is 3.01. The molecule has 0 radical (unpaired) electrons. The maximum Gasteiger partial charge on any atom is 0.243 e. The van der Waals surface area contributed by atoms with Gasteiger partial charge in [0.1, 0.15) is 24.1 Å². The first-order chi connectivity index (χ1) is 14.0. The van der Waals surface area contributed by atoms with Crippen molar-refractivity contribution in [3.8, 4) is 11.5 Å².